The van der Waals surface area contributed by atoms with Crippen LogP contribution in [0.1, 0.15) is 92.1 Å². The van der Waals surface area contributed by atoms with Crippen LogP contribution in [0.3, 0.4) is 0 Å². The van der Waals surface area contributed by atoms with Crippen LogP contribution in [0.5, 0.6) is 0 Å². The first-order valence-electron chi connectivity index (χ1n) is 16.5. The molecule has 2 heterocycles. The fourth-order valence-corrected chi connectivity index (χ4v) is 7.45. The van der Waals surface area contributed by atoms with Gasteiger partial charge in [0, 0.05) is 63.8 Å². The van der Waals surface area contributed by atoms with Crippen LogP contribution in [-0.2, 0) is 14.4 Å². The van der Waals surface area contributed by atoms with Crippen LogP contribution in [-0.4, -0.2) is 101 Å². The first-order valence-corrected chi connectivity index (χ1v) is 16.5. The van der Waals surface area contributed by atoms with Gasteiger partial charge in [-0.3, -0.25) is 19.3 Å². The summed E-state index contributed by atoms with van der Waals surface area (Å²) < 4.78 is 29.1. The lowest BCUT2D eigenvalue weighted by atomic mass is 9.74. The van der Waals surface area contributed by atoms with Crippen LogP contribution in [0.2, 0.25) is 0 Å². The number of rotatable bonds is 7. The van der Waals surface area contributed by atoms with Gasteiger partial charge in [-0.05, 0) is 83.8 Å². The van der Waals surface area contributed by atoms with E-state index in [1.165, 1.54) is 17.0 Å². The highest BCUT2D eigenvalue weighted by atomic mass is 19.1. The standard InChI is InChI=1S/C35H55F2N5O3/c1-33(2,3)40-19-26(25-11-10-22(36)16-28(25)37)27(20-40)30(43)41-18-24(17-29(41)31(44)39(8)9)42(32(45)35(6,7)21-38)23-12-14-34(4,5)15-13-23/h10-11,16,23-24,26-27,29H,12-15,17-21,38H2,1-9H3/t24-,26-,27+,29-/m0/s1. The number of likely N-dealkylation sites (N-methyl/N-ethyl adjacent to an activating group) is 1. The summed E-state index contributed by atoms with van der Waals surface area (Å²) in [5.74, 6) is -2.96. The number of hydrogen-bond donors (Lipinski definition) is 1. The summed E-state index contributed by atoms with van der Waals surface area (Å²) in [7, 11) is 3.35. The summed E-state index contributed by atoms with van der Waals surface area (Å²) in [6, 6.07) is 2.43. The fraction of sp³-hybridized carbons (Fsp3) is 0.743. The molecule has 3 amide bonds. The second-order valence-corrected chi connectivity index (χ2v) is 16.3. The second-order valence-electron chi connectivity index (χ2n) is 16.3. The van der Waals surface area contributed by atoms with E-state index in [-0.39, 0.29) is 53.8 Å². The lowest BCUT2D eigenvalue weighted by Gasteiger charge is -2.45. The van der Waals surface area contributed by atoms with Crippen molar-refractivity contribution in [3.8, 4) is 0 Å². The third kappa shape index (κ3) is 7.37. The summed E-state index contributed by atoms with van der Waals surface area (Å²) in [6.45, 7) is 15.6. The van der Waals surface area contributed by atoms with Gasteiger partial charge in [-0.2, -0.15) is 0 Å². The van der Waals surface area contributed by atoms with Gasteiger partial charge in [0.25, 0.3) is 0 Å². The van der Waals surface area contributed by atoms with Gasteiger partial charge in [0.2, 0.25) is 17.7 Å². The van der Waals surface area contributed by atoms with E-state index >= 15 is 4.39 Å². The van der Waals surface area contributed by atoms with E-state index in [0.29, 0.717) is 25.1 Å². The number of likely N-dealkylation sites (tertiary alicyclic amines) is 2. The van der Waals surface area contributed by atoms with Crippen molar-refractivity contribution in [2.24, 2.45) is 22.5 Å². The topological polar surface area (TPSA) is 90.2 Å². The molecule has 10 heteroatoms. The Morgan fingerprint density at radius 1 is 0.978 bits per heavy atom. The Balaban J connectivity index is 1.72. The zero-order valence-corrected chi connectivity index (χ0v) is 28.8. The molecule has 0 spiro atoms. The number of carbonyl (C=O) groups is 3. The molecule has 0 unspecified atom stereocenters. The lowest BCUT2D eigenvalue weighted by molar-refractivity contribution is -0.147. The fourth-order valence-electron chi connectivity index (χ4n) is 7.45. The average molecular weight is 632 g/mol. The van der Waals surface area contributed by atoms with Crippen LogP contribution in [0.25, 0.3) is 0 Å². The summed E-state index contributed by atoms with van der Waals surface area (Å²) in [5, 5.41) is 0. The van der Waals surface area contributed by atoms with Crippen molar-refractivity contribution in [1.29, 1.82) is 0 Å². The normalized spacial score (nSPS) is 26.3. The number of amides is 3. The van der Waals surface area contributed by atoms with Crippen molar-refractivity contribution in [1.82, 2.24) is 19.6 Å². The predicted octanol–water partition coefficient (Wildman–Crippen LogP) is 4.62. The van der Waals surface area contributed by atoms with Crippen LogP contribution >= 0.6 is 0 Å². The minimum atomic E-state index is -0.796. The third-order valence-electron chi connectivity index (χ3n) is 10.7. The van der Waals surface area contributed by atoms with Gasteiger partial charge < -0.3 is 20.4 Å². The van der Waals surface area contributed by atoms with E-state index in [1.807, 2.05) is 18.7 Å². The van der Waals surface area contributed by atoms with Crippen LogP contribution < -0.4 is 5.73 Å². The highest BCUT2D eigenvalue weighted by molar-refractivity contribution is 5.90. The number of halogens is 2. The smallest absolute Gasteiger partial charge is 0.244 e. The zero-order valence-electron chi connectivity index (χ0n) is 28.8. The molecule has 0 radical (unpaired) electrons. The van der Waals surface area contributed by atoms with Crippen LogP contribution in [0, 0.1) is 28.4 Å². The molecule has 1 saturated carbocycles. The molecule has 1 aromatic carbocycles. The number of carbonyl (C=O) groups excluding carboxylic acids is 3. The van der Waals surface area contributed by atoms with E-state index in [0.717, 1.165) is 31.7 Å². The van der Waals surface area contributed by atoms with Crippen molar-refractivity contribution in [3.63, 3.8) is 0 Å². The molecule has 8 nitrogen and oxygen atoms in total. The minimum Gasteiger partial charge on any atom is -0.347 e. The molecular formula is C35H55F2N5O3. The Labute approximate surface area is 268 Å². The van der Waals surface area contributed by atoms with E-state index in [9.17, 15) is 18.8 Å². The van der Waals surface area contributed by atoms with Gasteiger partial charge in [0.05, 0.1) is 17.4 Å². The zero-order chi connectivity index (χ0) is 33.6. The van der Waals surface area contributed by atoms with Gasteiger partial charge >= 0.3 is 0 Å². The quantitative estimate of drug-likeness (QED) is 0.475. The molecule has 2 saturated heterocycles. The minimum absolute atomic E-state index is 0.00423. The van der Waals surface area contributed by atoms with Gasteiger partial charge in [0.15, 0.2) is 0 Å². The average Bonchev–Trinajstić information content (AvgIpc) is 3.59. The Morgan fingerprint density at radius 3 is 2.13 bits per heavy atom. The van der Waals surface area contributed by atoms with Gasteiger partial charge in [-0.15, -0.1) is 0 Å². The molecule has 45 heavy (non-hydrogen) atoms. The number of hydrogen-bond acceptors (Lipinski definition) is 5. The molecule has 3 fully saturated rings. The summed E-state index contributed by atoms with van der Waals surface area (Å²) in [5.41, 5.74) is 5.51. The Morgan fingerprint density at radius 2 is 1.60 bits per heavy atom. The molecule has 252 valence electrons. The van der Waals surface area contributed by atoms with Gasteiger partial charge in [-0.25, -0.2) is 8.78 Å². The van der Waals surface area contributed by atoms with Crippen molar-refractivity contribution < 1.29 is 23.2 Å². The van der Waals surface area contributed by atoms with Crippen LogP contribution in [0.4, 0.5) is 8.78 Å². The van der Waals surface area contributed by atoms with Crippen molar-refractivity contribution in [3.05, 3.63) is 35.4 Å². The number of nitrogens with zero attached hydrogens (tertiary/aromatic N) is 4. The third-order valence-corrected chi connectivity index (χ3v) is 10.7. The molecule has 2 aliphatic heterocycles. The van der Waals surface area contributed by atoms with E-state index in [1.54, 1.807) is 19.0 Å². The van der Waals surface area contributed by atoms with Crippen LogP contribution in [0.15, 0.2) is 18.2 Å². The summed E-state index contributed by atoms with van der Waals surface area (Å²) >= 11 is 0. The van der Waals surface area contributed by atoms with E-state index in [2.05, 4.69) is 39.5 Å². The summed E-state index contributed by atoms with van der Waals surface area (Å²) in [4.78, 5) is 49.9. The van der Waals surface area contributed by atoms with Gasteiger partial charge in [-0.1, -0.05) is 19.9 Å². The van der Waals surface area contributed by atoms with Crippen molar-refractivity contribution in [2.45, 2.75) is 110 Å². The molecule has 2 N–H and O–H groups in total. The Hall–Kier alpha value is -2.59. The SMILES string of the molecule is CN(C)C(=O)[C@@H]1C[C@H](N(C(=O)C(C)(C)CN)C2CCC(C)(C)CC2)CN1C(=O)[C@@H]1CN(C(C)(C)C)C[C@H]1c1ccc(F)cc1F. The summed E-state index contributed by atoms with van der Waals surface area (Å²) in [6.07, 6.45) is 4.00. The van der Waals surface area contributed by atoms with Gasteiger partial charge in [0.1, 0.15) is 17.7 Å². The Kier molecular flexibility index (Phi) is 10.1. The lowest BCUT2D eigenvalue weighted by Crippen LogP contribution is -2.55. The molecule has 3 aliphatic rings. The second kappa shape index (κ2) is 12.9. The maximum Gasteiger partial charge on any atom is 0.244 e. The van der Waals surface area contributed by atoms with Crippen molar-refractivity contribution in [2.75, 3.05) is 40.3 Å². The molecule has 1 aromatic rings. The maximum absolute atomic E-state index is 15.2. The molecule has 4 atom stereocenters. The highest BCUT2D eigenvalue weighted by Gasteiger charge is 2.52. The first-order chi connectivity index (χ1) is 20.8. The largest absolute Gasteiger partial charge is 0.347 e. The Bertz CT molecular complexity index is 1270. The molecule has 1 aliphatic carbocycles. The van der Waals surface area contributed by atoms with Crippen molar-refractivity contribution >= 4 is 17.7 Å². The predicted molar refractivity (Wildman–Crippen MR) is 172 cm³/mol. The first kappa shape index (κ1) is 35.3. The molecule has 0 aromatic heterocycles. The maximum atomic E-state index is 15.2. The highest BCUT2D eigenvalue weighted by Crippen LogP contribution is 2.42. The van der Waals surface area contributed by atoms with E-state index in [4.69, 9.17) is 5.73 Å². The number of benzene rings is 1. The number of nitrogens with two attached hydrogens (primary N) is 1. The van der Waals surface area contributed by atoms with E-state index < -0.39 is 34.9 Å². The molecule has 4 rings (SSSR count). The monoisotopic (exact) mass is 631 g/mol. The molecule has 0 bridgehead atoms. The molecular weight excluding hydrogens is 576 g/mol.